The van der Waals surface area contributed by atoms with E-state index in [1.54, 1.807) is 37.4 Å². The molecule has 0 bridgehead atoms. The third-order valence-electron chi connectivity index (χ3n) is 3.73. The van der Waals surface area contributed by atoms with Crippen molar-refractivity contribution in [1.82, 2.24) is 0 Å². The van der Waals surface area contributed by atoms with Crippen molar-refractivity contribution in [3.63, 3.8) is 0 Å². The number of ether oxygens (including phenoxy) is 3. The van der Waals surface area contributed by atoms with Gasteiger partial charge >= 0.3 is 0 Å². The number of anilines is 1. The van der Waals surface area contributed by atoms with E-state index in [4.69, 9.17) is 14.2 Å². The summed E-state index contributed by atoms with van der Waals surface area (Å²) in [5.41, 5.74) is 1.12. The fraction of sp³-hybridized carbons (Fsp3) is 0.238. The van der Waals surface area contributed by atoms with E-state index in [0.29, 0.717) is 35.1 Å². The summed E-state index contributed by atoms with van der Waals surface area (Å²) in [6.07, 6.45) is 2.39. The molecule has 2 aromatic rings. The largest absolute Gasteiger partial charge is 0.495 e. The van der Waals surface area contributed by atoms with E-state index in [0.717, 1.165) is 9.99 Å². The minimum absolute atomic E-state index is 0.0361. The number of hydrogen-bond acceptors (Lipinski definition) is 5. The molecule has 0 saturated carbocycles. The number of benzene rings is 2. The maximum Gasteiger partial charge on any atom is 0.266 e. The van der Waals surface area contributed by atoms with Gasteiger partial charge in [0.25, 0.3) is 5.91 Å². The Hall–Kier alpha value is -2.73. The van der Waals surface area contributed by atoms with E-state index in [-0.39, 0.29) is 5.57 Å². The van der Waals surface area contributed by atoms with Crippen LogP contribution in [0.5, 0.6) is 17.2 Å². The number of hydrogen-bond donors (Lipinski definition) is 1. The van der Waals surface area contributed by atoms with Crippen molar-refractivity contribution in [2.24, 2.45) is 0 Å². The zero-order valence-corrected chi connectivity index (χ0v) is 18.1. The summed E-state index contributed by atoms with van der Waals surface area (Å²) in [5.74, 6) is 1.20. The highest BCUT2D eigenvalue weighted by atomic mass is 127. The van der Waals surface area contributed by atoms with E-state index in [9.17, 15) is 10.1 Å². The molecule has 0 fully saturated rings. The summed E-state index contributed by atoms with van der Waals surface area (Å²) in [7, 11) is 3.07. The van der Waals surface area contributed by atoms with Crippen LogP contribution in [0.15, 0.2) is 42.0 Å². The van der Waals surface area contributed by atoms with Crippen molar-refractivity contribution in [1.29, 1.82) is 5.26 Å². The van der Waals surface area contributed by atoms with Gasteiger partial charge in [-0.05, 0) is 64.9 Å². The number of methoxy groups -OCH3 is 2. The van der Waals surface area contributed by atoms with Gasteiger partial charge in [-0.2, -0.15) is 5.26 Å². The molecule has 0 aliphatic heterocycles. The van der Waals surface area contributed by atoms with Crippen LogP contribution in [0.1, 0.15) is 18.9 Å². The van der Waals surface area contributed by atoms with Crippen molar-refractivity contribution < 1.29 is 19.0 Å². The van der Waals surface area contributed by atoms with Crippen LogP contribution < -0.4 is 19.5 Å². The van der Waals surface area contributed by atoms with Crippen molar-refractivity contribution in [3.8, 4) is 23.3 Å². The van der Waals surface area contributed by atoms with Crippen molar-refractivity contribution >= 4 is 40.3 Å². The van der Waals surface area contributed by atoms with Crippen LogP contribution in [0.3, 0.4) is 0 Å². The second kappa shape index (κ2) is 10.6. The van der Waals surface area contributed by atoms with Gasteiger partial charge in [-0.1, -0.05) is 19.1 Å². The number of rotatable bonds is 8. The Bertz CT molecular complexity index is 919. The molecule has 2 aromatic carbocycles. The molecule has 0 saturated heterocycles. The molecule has 28 heavy (non-hydrogen) atoms. The Morgan fingerprint density at radius 2 is 1.93 bits per heavy atom. The van der Waals surface area contributed by atoms with Gasteiger partial charge < -0.3 is 19.5 Å². The van der Waals surface area contributed by atoms with E-state index in [1.165, 1.54) is 13.2 Å². The summed E-state index contributed by atoms with van der Waals surface area (Å²) in [6.45, 7) is 2.60. The van der Waals surface area contributed by atoms with Gasteiger partial charge in [0.05, 0.1) is 30.1 Å². The third-order valence-corrected chi connectivity index (χ3v) is 4.53. The van der Waals surface area contributed by atoms with E-state index in [1.807, 2.05) is 19.1 Å². The Labute approximate surface area is 178 Å². The molecule has 7 heteroatoms. The number of amides is 1. The summed E-state index contributed by atoms with van der Waals surface area (Å²) in [4.78, 5) is 12.5. The summed E-state index contributed by atoms with van der Waals surface area (Å²) in [5, 5.41) is 12.2. The number of nitrogens with one attached hydrogen (secondary N) is 1. The molecule has 6 nitrogen and oxygen atoms in total. The molecule has 0 spiro atoms. The molecule has 1 N–H and O–H groups in total. The minimum Gasteiger partial charge on any atom is -0.495 e. The number of carbonyl (C=O) groups is 1. The average molecular weight is 492 g/mol. The maximum absolute atomic E-state index is 12.5. The Morgan fingerprint density at radius 3 is 2.57 bits per heavy atom. The molecular weight excluding hydrogens is 471 g/mol. The fourth-order valence-electron chi connectivity index (χ4n) is 2.42. The lowest BCUT2D eigenvalue weighted by Crippen LogP contribution is -2.14. The van der Waals surface area contributed by atoms with Crippen molar-refractivity contribution in [2.45, 2.75) is 13.3 Å². The molecule has 2 rings (SSSR count). The lowest BCUT2D eigenvalue weighted by Gasteiger charge is -2.13. The topological polar surface area (TPSA) is 80.6 Å². The second-order valence-electron chi connectivity index (χ2n) is 5.71. The smallest absolute Gasteiger partial charge is 0.266 e. The van der Waals surface area contributed by atoms with Gasteiger partial charge in [-0.15, -0.1) is 0 Å². The Kier molecular flexibility index (Phi) is 8.14. The lowest BCUT2D eigenvalue weighted by molar-refractivity contribution is -0.112. The van der Waals surface area contributed by atoms with Crippen LogP contribution in [-0.4, -0.2) is 26.7 Å². The standard InChI is InChI=1S/C21H21IN2O4/c1-4-9-28-20-16(22)11-14(12-19(20)27-3)10-15(13-23)21(25)24-17-7-5-6-8-18(17)26-2/h5-8,10-12H,4,9H2,1-3H3,(H,24,25). The molecule has 0 radical (unpaired) electrons. The Balaban J connectivity index is 2.32. The van der Waals surface area contributed by atoms with Crippen LogP contribution in [0.25, 0.3) is 6.08 Å². The first-order valence-corrected chi connectivity index (χ1v) is 9.68. The van der Waals surface area contributed by atoms with Crippen LogP contribution in [-0.2, 0) is 4.79 Å². The zero-order chi connectivity index (χ0) is 20.5. The number of nitrogens with zero attached hydrogens (tertiary/aromatic N) is 1. The van der Waals surface area contributed by atoms with Crippen molar-refractivity contribution in [3.05, 3.63) is 51.1 Å². The second-order valence-corrected chi connectivity index (χ2v) is 6.87. The van der Waals surface area contributed by atoms with Crippen LogP contribution in [0.2, 0.25) is 0 Å². The number of carbonyl (C=O) groups excluding carboxylic acids is 1. The van der Waals surface area contributed by atoms with Gasteiger partial charge in [-0.25, -0.2) is 0 Å². The molecule has 1 amide bonds. The molecule has 0 aromatic heterocycles. The first-order chi connectivity index (χ1) is 13.5. The highest BCUT2D eigenvalue weighted by Gasteiger charge is 2.15. The summed E-state index contributed by atoms with van der Waals surface area (Å²) in [6, 6.07) is 12.5. The molecule has 146 valence electrons. The normalized spacial score (nSPS) is 10.8. The monoisotopic (exact) mass is 492 g/mol. The van der Waals surface area contributed by atoms with E-state index in [2.05, 4.69) is 27.9 Å². The molecule has 0 atom stereocenters. The van der Waals surface area contributed by atoms with Gasteiger partial charge in [0, 0.05) is 0 Å². The first kappa shape index (κ1) is 21.6. The molecule has 0 heterocycles. The van der Waals surface area contributed by atoms with Crippen molar-refractivity contribution in [2.75, 3.05) is 26.1 Å². The third kappa shape index (κ3) is 5.39. The minimum atomic E-state index is -0.521. The Morgan fingerprint density at radius 1 is 1.21 bits per heavy atom. The summed E-state index contributed by atoms with van der Waals surface area (Å²) < 4.78 is 17.2. The number of nitriles is 1. The van der Waals surface area contributed by atoms with Crippen LogP contribution in [0, 0.1) is 14.9 Å². The highest BCUT2D eigenvalue weighted by Crippen LogP contribution is 2.35. The quantitative estimate of drug-likeness (QED) is 0.330. The van der Waals surface area contributed by atoms with Crippen LogP contribution >= 0.6 is 22.6 Å². The SMILES string of the molecule is CCCOc1c(I)cc(C=C(C#N)C(=O)Nc2ccccc2OC)cc1OC. The van der Waals surface area contributed by atoms with Gasteiger partial charge in [-0.3, -0.25) is 4.79 Å². The molecule has 0 unspecified atom stereocenters. The molecule has 0 aliphatic carbocycles. The van der Waals surface area contributed by atoms with Gasteiger partial charge in [0.1, 0.15) is 17.4 Å². The average Bonchev–Trinajstić information content (AvgIpc) is 2.71. The predicted molar refractivity (Wildman–Crippen MR) is 117 cm³/mol. The van der Waals surface area contributed by atoms with Crippen LogP contribution in [0.4, 0.5) is 5.69 Å². The number of para-hydroxylation sites is 2. The molecular formula is C21H21IN2O4. The zero-order valence-electron chi connectivity index (χ0n) is 15.9. The lowest BCUT2D eigenvalue weighted by atomic mass is 10.1. The fourth-order valence-corrected chi connectivity index (χ4v) is 3.20. The summed E-state index contributed by atoms with van der Waals surface area (Å²) >= 11 is 2.14. The highest BCUT2D eigenvalue weighted by molar-refractivity contribution is 14.1. The van der Waals surface area contributed by atoms with E-state index < -0.39 is 5.91 Å². The van der Waals surface area contributed by atoms with Gasteiger partial charge in [0.15, 0.2) is 11.5 Å². The maximum atomic E-state index is 12.5. The predicted octanol–water partition coefficient (Wildman–Crippen LogP) is 4.64. The number of halogens is 1. The van der Waals surface area contributed by atoms with E-state index >= 15 is 0 Å². The van der Waals surface area contributed by atoms with Gasteiger partial charge in [0.2, 0.25) is 0 Å². The molecule has 0 aliphatic rings. The first-order valence-electron chi connectivity index (χ1n) is 8.60.